The third kappa shape index (κ3) is 7.21. The van der Waals surface area contributed by atoms with Crippen molar-refractivity contribution in [1.82, 2.24) is 0 Å². The predicted molar refractivity (Wildman–Crippen MR) is 58.9 cm³/mol. The topological polar surface area (TPSA) is 20.2 Å². The molecule has 0 aliphatic rings. The molecule has 0 aliphatic carbocycles. The molecule has 1 nitrogen and oxygen atoms in total. The van der Waals surface area contributed by atoms with Gasteiger partial charge >= 0.3 is 0 Å². The van der Waals surface area contributed by atoms with Crippen molar-refractivity contribution in [2.75, 3.05) is 0 Å². The van der Waals surface area contributed by atoms with Gasteiger partial charge in [0.15, 0.2) is 0 Å². The monoisotopic (exact) mass is 452 g/mol. The molecule has 1 aromatic rings. The van der Waals surface area contributed by atoms with Crippen molar-refractivity contribution in [2.24, 2.45) is 0 Å². The molecule has 0 radical (unpaired) electrons. The van der Waals surface area contributed by atoms with Crippen LogP contribution in [0.25, 0.3) is 0 Å². The molecule has 4 heteroatoms. The van der Waals surface area contributed by atoms with Gasteiger partial charge in [-0.1, -0.05) is 18.2 Å². The van der Waals surface area contributed by atoms with Crippen LogP contribution < -0.4 is 0 Å². The van der Waals surface area contributed by atoms with Crippen molar-refractivity contribution >= 4 is 48.0 Å². The minimum absolute atomic E-state index is 0. The Labute approximate surface area is 107 Å². The molecule has 0 saturated carbocycles. The van der Waals surface area contributed by atoms with Crippen molar-refractivity contribution in [3.63, 3.8) is 0 Å². The van der Waals surface area contributed by atoms with Gasteiger partial charge in [-0.2, -0.15) is 0 Å². The summed E-state index contributed by atoms with van der Waals surface area (Å²) in [7, 11) is 0. The van der Waals surface area contributed by atoms with E-state index in [9.17, 15) is 0 Å². The number of halogens is 2. The second kappa shape index (κ2) is 10.1. The first-order valence-corrected chi connectivity index (χ1v) is 2.13. The zero-order chi connectivity index (χ0) is 5.11. The Kier molecular flexibility index (Phi) is 17.4. The van der Waals surface area contributed by atoms with E-state index in [1.165, 1.54) is 0 Å². The number of para-hydroxylation sites is 1. The second-order valence-corrected chi connectivity index (χ2v) is 1.34. The van der Waals surface area contributed by atoms with Gasteiger partial charge in [0.1, 0.15) is 5.75 Å². The van der Waals surface area contributed by atoms with E-state index in [4.69, 9.17) is 5.11 Å². The summed E-state index contributed by atoms with van der Waals surface area (Å²) in [5.41, 5.74) is 0. The molecule has 10 heavy (non-hydrogen) atoms. The van der Waals surface area contributed by atoms with Crippen LogP contribution in [0.1, 0.15) is 0 Å². The summed E-state index contributed by atoms with van der Waals surface area (Å²) in [4.78, 5) is 0. The zero-order valence-electron chi connectivity index (χ0n) is 5.00. The quantitative estimate of drug-likeness (QED) is 0.476. The van der Waals surface area contributed by atoms with Crippen LogP contribution >= 0.6 is 48.0 Å². The minimum Gasteiger partial charge on any atom is -0.508 e. The van der Waals surface area contributed by atoms with E-state index in [2.05, 4.69) is 0 Å². The minimum atomic E-state index is 0. The molecule has 0 saturated heterocycles. The summed E-state index contributed by atoms with van der Waals surface area (Å²) in [5.74, 6) is 0.322. The summed E-state index contributed by atoms with van der Waals surface area (Å²) in [6.45, 7) is 0. The van der Waals surface area contributed by atoms with Gasteiger partial charge in [0.2, 0.25) is 0 Å². The van der Waals surface area contributed by atoms with Crippen molar-refractivity contribution in [3.05, 3.63) is 30.3 Å². The fourth-order valence-corrected chi connectivity index (χ4v) is 0.428. The van der Waals surface area contributed by atoms with E-state index in [1.54, 1.807) is 24.3 Å². The molecular weight excluding hydrogens is 443 g/mol. The van der Waals surface area contributed by atoms with Crippen molar-refractivity contribution in [3.8, 4) is 5.75 Å². The van der Waals surface area contributed by atoms with Crippen LogP contribution in [-0.4, -0.2) is 5.11 Å². The standard InChI is InChI=1S/C6H6O.2HI.Ru/c7-6-4-2-1-3-5-6;;;/h1-5,7H;2*1H;. The number of phenolic OH excluding ortho intramolecular Hbond substituents is 1. The Morgan fingerprint density at radius 1 is 0.900 bits per heavy atom. The first-order valence-electron chi connectivity index (χ1n) is 2.13. The van der Waals surface area contributed by atoms with E-state index >= 15 is 0 Å². The number of phenols is 1. The smallest absolute Gasteiger partial charge is 0.115 e. The van der Waals surface area contributed by atoms with Crippen LogP contribution in [0.5, 0.6) is 5.75 Å². The number of hydrogen-bond donors (Lipinski definition) is 1. The third-order valence-electron chi connectivity index (χ3n) is 0.756. The molecule has 1 N–H and O–H groups in total. The summed E-state index contributed by atoms with van der Waals surface area (Å²) in [5, 5.41) is 8.63. The van der Waals surface area contributed by atoms with E-state index in [1.807, 2.05) is 6.07 Å². The largest absolute Gasteiger partial charge is 0.508 e. The van der Waals surface area contributed by atoms with Crippen LogP contribution in [0.4, 0.5) is 0 Å². The molecule has 1 rings (SSSR count). The average Bonchev–Trinajstić information content (AvgIpc) is 1.69. The first-order chi connectivity index (χ1) is 3.39. The Hall–Kier alpha value is 1.10. The molecule has 1 aromatic carbocycles. The van der Waals surface area contributed by atoms with E-state index < -0.39 is 0 Å². The fourth-order valence-electron chi connectivity index (χ4n) is 0.428. The predicted octanol–water partition coefficient (Wildman–Crippen LogP) is 2.63. The zero-order valence-corrected chi connectivity index (χ0v) is 11.4. The van der Waals surface area contributed by atoms with Crippen LogP contribution in [-0.2, 0) is 19.5 Å². The molecule has 0 heterocycles. The molecule has 0 bridgehead atoms. The molecule has 0 amide bonds. The van der Waals surface area contributed by atoms with Gasteiger partial charge in [-0.3, -0.25) is 0 Å². The molecular formula is C6H8I2ORu. The molecule has 60 valence electrons. The normalized spacial score (nSPS) is 6.00. The van der Waals surface area contributed by atoms with Crippen molar-refractivity contribution < 1.29 is 24.6 Å². The second-order valence-electron chi connectivity index (χ2n) is 1.34. The van der Waals surface area contributed by atoms with E-state index in [-0.39, 0.29) is 67.4 Å². The third-order valence-corrected chi connectivity index (χ3v) is 0.756. The van der Waals surface area contributed by atoms with Crippen LogP contribution in [0.15, 0.2) is 30.3 Å². The summed E-state index contributed by atoms with van der Waals surface area (Å²) in [6, 6.07) is 8.71. The number of aromatic hydroxyl groups is 1. The maximum atomic E-state index is 8.63. The Bertz CT molecular complexity index is 146. The SMILES string of the molecule is I.I.Oc1ccccc1.[Ru]. The van der Waals surface area contributed by atoms with E-state index in [0.29, 0.717) is 5.75 Å². The molecule has 0 atom stereocenters. The van der Waals surface area contributed by atoms with Gasteiger partial charge in [-0.05, 0) is 12.1 Å². The fraction of sp³-hybridized carbons (Fsp3) is 0. The van der Waals surface area contributed by atoms with Gasteiger partial charge < -0.3 is 5.11 Å². The molecule has 0 unspecified atom stereocenters. The maximum Gasteiger partial charge on any atom is 0.115 e. The molecule has 0 spiro atoms. The summed E-state index contributed by atoms with van der Waals surface area (Å²) in [6.07, 6.45) is 0. The molecule has 0 fully saturated rings. The maximum absolute atomic E-state index is 8.63. The summed E-state index contributed by atoms with van der Waals surface area (Å²) >= 11 is 0. The van der Waals surface area contributed by atoms with Gasteiger partial charge in [-0.25, -0.2) is 0 Å². The van der Waals surface area contributed by atoms with Crippen molar-refractivity contribution in [2.45, 2.75) is 0 Å². The Morgan fingerprint density at radius 3 is 1.50 bits per heavy atom. The van der Waals surface area contributed by atoms with Gasteiger partial charge in [0.05, 0.1) is 0 Å². The van der Waals surface area contributed by atoms with Crippen molar-refractivity contribution in [1.29, 1.82) is 0 Å². The number of rotatable bonds is 0. The van der Waals surface area contributed by atoms with Crippen LogP contribution in [0, 0.1) is 0 Å². The van der Waals surface area contributed by atoms with Gasteiger partial charge in [0.25, 0.3) is 0 Å². The van der Waals surface area contributed by atoms with E-state index in [0.717, 1.165) is 0 Å². The Morgan fingerprint density at radius 2 is 1.30 bits per heavy atom. The van der Waals surface area contributed by atoms with Crippen LogP contribution in [0.2, 0.25) is 0 Å². The number of hydrogen-bond acceptors (Lipinski definition) is 1. The molecule has 0 aliphatic heterocycles. The first kappa shape index (κ1) is 17.3. The summed E-state index contributed by atoms with van der Waals surface area (Å²) < 4.78 is 0. The Balaban J connectivity index is -0.000000163. The van der Waals surface area contributed by atoms with Gasteiger partial charge in [-0.15, -0.1) is 48.0 Å². The molecule has 0 aromatic heterocycles. The number of benzene rings is 1. The van der Waals surface area contributed by atoms with Crippen LogP contribution in [0.3, 0.4) is 0 Å². The average molecular weight is 451 g/mol. The van der Waals surface area contributed by atoms with Gasteiger partial charge in [0, 0.05) is 19.5 Å².